The second-order valence-corrected chi connectivity index (χ2v) is 6.37. The van der Waals surface area contributed by atoms with Crippen molar-refractivity contribution < 1.29 is 4.79 Å². The van der Waals surface area contributed by atoms with Gasteiger partial charge in [-0.25, -0.2) is 0 Å². The van der Waals surface area contributed by atoms with Gasteiger partial charge in [-0.3, -0.25) is 9.69 Å². The molecule has 21 heavy (non-hydrogen) atoms. The number of amides is 1. The van der Waals surface area contributed by atoms with Gasteiger partial charge in [-0.1, -0.05) is 6.92 Å². The number of anilines is 1. The normalized spacial score (nSPS) is 22.0. The maximum absolute atomic E-state index is 12.2. The van der Waals surface area contributed by atoms with Crippen molar-refractivity contribution >= 4 is 22.2 Å². The fourth-order valence-corrected chi connectivity index (χ4v) is 3.56. The van der Waals surface area contributed by atoms with Crippen LogP contribution in [-0.2, 0) is 4.79 Å². The molecular formula is C15H22N4OS. The number of hydrogen-bond donors (Lipinski definition) is 2. The van der Waals surface area contributed by atoms with Crippen molar-refractivity contribution in [1.29, 1.82) is 5.26 Å². The van der Waals surface area contributed by atoms with E-state index in [1.807, 2.05) is 5.38 Å². The molecule has 1 saturated carbocycles. The first-order valence-corrected chi connectivity index (χ1v) is 8.29. The zero-order chi connectivity index (χ0) is 15.2. The van der Waals surface area contributed by atoms with Gasteiger partial charge in [0.1, 0.15) is 11.1 Å². The summed E-state index contributed by atoms with van der Waals surface area (Å²) in [5.74, 6) is -0.0503. The molecular weight excluding hydrogens is 284 g/mol. The predicted molar refractivity (Wildman–Crippen MR) is 85.1 cm³/mol. The highest BCUT2D eigenvalue weighted by Crippen LogP contribution is 2.24. The number of rotatable bonds is 5. The average molecular weight is 306 g/mol. The summed E-state index contributed by atoms with van der Waals surface area (Å²) < 4.78 is 0. The fraction of sp³-hybridized carbons (Fsp3) is 0.600. The van der Waals surface area contributed by atoms with Crippen molar-refractivity contribution in [2.75, 3.05) is 18.4 Å². The summed E-state index contributed by atoms with van der Waals surface area (Å²) in [7, 11) is 0. The Morgan fingerprint density at radius 2 is 2.24 bits per heavy atom. The van der Waals surface area contributed by atoms with Crippen LogP contribution in [0, 0.1) is 11.3 Å². The van der Waals surface area contributed by atoms with Crippen LogP contribution >= 0.6 is 11.3 Å². The predicted octanol–water partition coefficient (Wildman–Crippen LogP) is 2.15. The summed E-state index contributed by atoms with van der Waals surface area (Å²) in [5.41, 5.74) is 6.46. The van der Waals surface area contributed by atoms with E-state index in [0.717, 1.165) is 32.2 Å². The van der Waals surface area contributed by atoms with E-state index in [1.54, 1.807) is 6.07 Å². The Morgan fingerprint density at radius 1 is 1.52 bits per heavy atom. The molecule has 1 heterocycles. The Balaban J connectivity index is 1.89. The lowest BCUT2D eigenvalue weighted by atomic mass is 9.91. The maximum atomic E-state index is 12.2. The summed E-state index contributed by atoms with van der Waals surface area (Å²) in [6, 6.07) is 4.57. The molecule has 0 aromatic carbocycles. The van der Waals surface area contributed by atoms with Crippen LogP contribution in [0.25, 0.3) is 0 Å². The molecule has 1 fully saturated rings. The smallest absolute Gasteiger partial charge is 0.239 e. The first-order chi connectivity index (χ1) is 10.1. The molecule has 0 unspecified atom stereocenters. The van der Waals surface area contributed by atoms with Crippen LogP contribution in [0.2, 0.25) is 0 Å². The number of nitriles is 1. The highest BCUT2D eigenvalue weighted by atomic mass is 32.1. The van der Waals surface area contributed by atoms with Gasteiger partial charge < -0.3 is 11.1 Å². The van der Waals surface area contributed by atoms with Crippen molar-refractivity contribution in [3.05, 3.63) is 17.0 Å². The lowest BCUT2D eigenvalue weighted by molar-refractivity contribution is -0.118. The summed E-state index contributed by atoms with van der Waals surface area (Å²) in [4.78, 5) is 14.4. The number of carbonyl (C=O) groups is 1. The first-order valence-electron chi connectivity index (χ1n) is 7.41. The highest BCUT2D eigenvalue weighted by molar-refractivity contribution is 7.14. The molecule has 0 aliphatic heterocycles. The van der Waals surface area contributed by atoms with Crippen molar-refractivity contribution in [3.63, 3.8) is 0 Å². The zero-order valence-corrected chi connectivity index (χ0v) is 13.2. The lowest BCUT2D eigenvalue weighted by Gasteiger charge is -2.34. The summed E-state index contributed by atoms with van der Waals surface area (Å²) in [6.45, 7) is 3.30. The standard InChI is InChI=1S/C15H22N4OS/c1-2-19(13-5-3-12(17)4-6-13)10-14(20)18-15-11(9-16)7-8-21-15/h7-8,12-13H,2-6,10,17H2,1H3,(H,18,20). The third-order valence-corrected chi connectivity index (χ3v) is 4.88. The third kappa shape index (κ3) is 4.27. The van der Waals surface area contributed by atoms with E-state index in [9.17, 15) is 4.79 Å². The van der Waals surface area contributed by atoms with E-state index in [2.05, 4.69) is 23.2 Å². The van der Waals surface area contributed by atoms with Gasteiger partial charge in [0.2, 0.25) is 5.91 Å². The molecule has 0 bridgehead atoms. The molecule has 2 rings (SSSR count). The zero-order valence-electron chi connectivity index (χ0n) is 12.3. The molecule has 3 N–H and O–H groups in total. The minimum atomic E-state index is -0.0503. The second kappa shape index (κ2) is 7.55. The van der Waals surface area contributed by atoms with Crippen molar-refractivity contribution in [3.8, 4) is 6.07 Å². The molecule has 1 amide bonds. The van der Waals surface area contributed by atoms with Gasteiger partial charge in [0, 0.05) is 12.1 Å². The molecule has 0 spiro atoms. The molecule has 6 heteroatoms. The molecule has 1 aliphatic rings. The van der Waals surface area contributed by atoms with E-state index in [0.29, 0.717) is 29.2 Å². The Labute approximate surface area is 129 Å². The van der Waals surface area contributed by atoms with E-state index in [1.165, 1.54) is 11.3 Å². The minimum absolute atomic E-state index is 0.0503. The number of hydrogen-bond acceptors (Lipinski definition) is 5. The van der Waals surface area contributed by atoms with Crippen LogP contribution in [0.1, 0.15) is 38.2 Å². The average Bonchev–Trinajstić information content (AvgIpc) is 2.93. The number of thiophene rings is 1. The Morgan fingerprint density at radius 3 is 2.86 bits per heavy atom. The van der Waals surface area contributed by atoms with Gasteiger partial charge in [-0.15, -0.1) is 11.3 Å². The molecule has 0 radical (unpaired) electrons. The summed E-state index contributed by atoms with van der Waals surface area (Å²) in [5, 5.41) is 14.3. The number of carbonyl (C=O) groups excluding carboxylic acids is 1. The maximum Gasteiger partial charge on any atom is 0.239 e. The second-order valence-electron chi connectivity index (χ2n) is 5.46. The Hall–Kier alpha value is -1.42. The Bertz CT molecular complexity index is 514. The number of likely N-dealkylation sites (N-methyl/N-ethyl adjacent to an activating group) is 1. The highest BCUT2D eigenvalue weighted by Gasteiger charge is 2.24. The molecule has 5 nitrogen and oxygen atoms in total. The first kappa shape index (κ1) is 16.0. The monoisotopic (exact) mass is 306 g/mol. The van der Waals surface area contributed by atoms with Gasteiger partial charge in [0.05, 0.1) is 12.1 Å². The topological polar surface area (TPSA) is 82.2 Å². The van der Waals surface area contributed by atoms with Crippen LogP contribution in [0.4, 0.5) is 5.00 Å². The van der Waals surface area contributed by atoms with Crippen molar-refractivity contribution in [2.45, 2.75) is 44.7 Å². The van der Waals surface area contributed by atoms with Gasteiger partial charge >= 0.3 is 0 Å². The molecule has 114 valence electrons. The number of nitrogens with one attached hydrogen (secondary N) is 1. The number of nitrogens with two attached hydrogens (primary N) is 1. The van der Waals surface area contributed by atoms with Gasteiger partial charge in [-0.2, -0.15) is 5.26 Å². The van der Waals surface area contributed by atoms with Crippen LogP contribution in [-0.4, -0.2) is 36.0 Å². The van der Waals surface area contributed by atoms with Gasteiger partial charge in [0.15, 0.2) is 0 Å². The summed E-state index contributed by atoms with van der Waals surface area (Å²) in [6.07, 6.45) is 4.19. The molecule has 0 saturated heterocycles. The van der Waals surface area contributed by atoms with E-state index in [-0.39, 0.29) is 5.91 Å². The van der Waals surface area contributed by atoms with Gasteiger partial charge in [0.25, 0.3) is 0 Å². The van der Waals surface area contributed by atoms with Gasteiger partial charge in [-0.05, 0) is 43.7 Å². The van der Waals surface area contributed by atoms with Crippen molar-refractivity contribution in [1.82, 2.24) is 4.90 Å². The van der Waals surface area contributed by atoms with Crippen LogP contribution in [0.15, 0.2) is 11.4 Å². The van der Waals surface area contributed by atoms with E-state index >= 15 is 0 Å². The molecule has 1 aliphatic carbocycles. The van der Waals surface area contributed by atoms with Crippen LogP contribution < -0.4 is 11.1 Å². The quantitative estimate of drug-likeness (QED) is 0.873. The van der Waals surface area contributed by atoms with Crippen LogP contribution in [0.3, 0.4) is 0 Å². The largest absolute Gasteiger partial charge is 0.328 e. The summed E-state index contributed by atoms with van der Waals surface area (Å²) >= 11 is 1.38. The van der Waals surface area contributed by atoms with E-state index in [4.69, 9.17) is 11.0 Å². The third-order valence-electron chi connectivity index (χ3n) is 4.05. The van der Waals surface area contributed by atoms with Crippen LogP contribution in [0.5, 0.6) is 0 Å². The van der Waals surface area contributed by atoms with Crippen molar-refractivity contribution in [2.24, 2.45) is 5.73 Å². The molecule has 1 aromatic rings. The number of nitrogens with zero attached hydrogens (tertiary/aromatic N) is 2. The lowest BCUT2D eigenvalue weighted by Crippen LogP contribution is -2.44. The van der Waals surface area contributed by atoms with E-state index < -0.39 is 0 Å². The minimum Gasteiger partial charge on any atom is -0.328 e. The molecule has 1 aromatic heterocycles. The Kier molecular flexibility index (Phi) is 5.74. The molecule has 0 atom stereocenters. The SMILES string of the molecule is CCN(CC(=O)Nc1sccc1C#N)C1CCC(N)CC1. The fourth-order valence-electron chi connectivity index (χ4n) is 2.81.